The van der Waals surface area contributed by atoms with Gasteiger partial charge >= 0.3 is 5.97 Å². The molecule has 0 saturated carbocycles. The van der Waals surface area contributed by atoms with Crippen LogP contribution >= 0.6 is 0 Å². The molecule has 196 valence electrons. The van der Waals surface area contributed by atoms with Crippen LogP contribution in [0.3, 0.4) is 0 Å². The molecule has 0 amide bonds. The zero-order valence-electron chi connectivity index (χ0n) is 23.2. The summed E-state index contributed by atoms with van der Waals surface area (Å²) in [5.74, 6) is -0.230. The van der Waals surface area contributed by atoms with Crippen molar-refractivity contribution in [2.45, 2.75) is 143 Å². The minimum Gasteiger partial charge on any atom is -0.456 e. The van der Waals surface area contributed by atoms with E-state index < -0.39 is 0 Å². The normalized spacial score (nSPS) is 11.6. The fourth-order valence-electron chi connectivity index (χ4n) is 4.81. The molecule has 0 rings (SSSR count). The number of esters is 1. The van der Waals surface area contributed by atoms with E-state index in [1.807, 2.05) is 0 Å². The number of hydrogen-bond acceptors (Lipinski definition) is 2. The van der Waals surface area contributed by atoms with Crippen molar-refractivity contribution in [2.24, 2.45) is 0 Å². The Hall–Kier alpha value is -0.830. The molecule has 0 aliphatic heterocycles. The molecule has 0 heterocycles. The third-order valence-corrected chi connectivity index (χ3v) is 7.11. The van der Waals surface area contributed by atoms with E-state index in [2.05, 4.69) is 27.4 Å². The maximum absolute atomic E-state index is 12.0. The van der Waals surface area contributed by atoms with Crippen LogP contribution in [-0.4, -0.2) is 43.2 Å². The predicted octanol–water partition coefficient (Wildman–Crippen LogP) is 9.00. The topological polar surface area (TPSA) is 26.3 Å². The van der Waals surface area contributed by atoms with Gasteiger partial charge in [-0.25, -0.2) is 4.79 Å². The van der Waals surface area contributed by atoms with E-state index in [0.717, 1.165) is 11.0 Å². The standard InChI is InChI=1S/C30H60NO2/c1-6-9-12-15-18-21-24-31(25-22-19-16-13-10-7-2,26-23-20-17-14-11-8-3)27-28-33-30(32)29(4)5/h4,6-28H2,1-3,5H3/q+1. The summed E-state index contributed by atoms with van der Waals surface area (Å²) in [5.41, 5.74) is 0.510. The quantitative estimate of drug-likeness (QED) is 0.0580. The highest BCUT2D eigenvalue weighted by molar-refractivity contribution is 5.86. The van der Waals surface area contributed by atoms with E-state index in [9.17, 15) is 4.79 Å². The lowest BCUT2D eigenvalue weighted by molar-refractivity contribution is -0.929. The van der Waals surface area contributed by atoms with Gasteiger partial charge in [-0.3, -0.25) is 0 Å². The Morgan fingerprint density at radius 1 is 0.576 bits per heavy atom. The van der Waals surface area contributed by atoms with Crippen LogP contribution in [0.4, 0.5) is 0 Å². The lowest BCUT2D eigenvalue weighted by Gasteiger charge is -2.39. The van der Waals surface area contributed by atoms with Gasteiger partial charge in [-0.05, 0) is 45.4 Å². The Morgan fingerprint density at radius 2 is 0.909 bits per heavy atom. The summed E-state index contributed by atoms with van der Waals surface area (Å²) in [6, 6.07) is 0. The Kier molecular flexibility index (Phi) is 22.4. The summed E-state index contributed by atoms with van der Waals surface area (Å²) >= 11 is 0. The Balaban J connectivity index is 4.91. The Labute approximate surface area is 208 Å². The zero-order valence-corrected chi connectivity index (χ0v) is 23.2. The van der Waals surface area contributed by atoms with E-state index in [1.165, 1.54) is 135 Å². The molecular formula is C30H60NO2+. The average Bonchev–Trinajstić information content (AvgIpc) is 2.80. The third-order valence-electron chi connectivity index (χ3n) is 7.11. The summed E-state index contributed by atoms with van der Waals surface area (Å²) in [7, 11) is 0. The second-order valence-electron chi connectivity index (χ2n) is 10.5. The van der Waals surface area contributed by atoms with Gasteiger partial charge in [-0.15, -0.1) is 0 Å². The molecule has 3 nitrogen and oxygen atoms in total. The second kappa shape index (κ2) is 22.9. The number of quaternary nitrogens is 1. The number of rotatable bonds is 25. The first-order valence-corrected chi connectivity index (χ1v) is 14.7. The van der Waals surface area contributed by atoms with E-state index in [4.69, 9.17) is 4.74 Å². The molecule has 0 N–H and O–H groups in total. The van der Waals surface area contributed by atoms with Crippen LogP contribution in [0.2, 0.25) is 0 Å². The predicted molar refractivity (Wildman–Crippen MR) is 146 cm³/mol. The van der Waals surface area contributed by atoms with Crippen molar-refractivity contribution in [3.8, 4) is 0 Å². The van der Waals surface area contributed by atoms with E-state index in [1.54, 1.807) is 6.92 Å². The average molecular weight is 467 g/mol. The van der Waals surface area contributed by atoms with Crippen molar-refractivity contribution in [3.63, 3.8) is 0 Å². The highest BCUT2D eigenvalue weighted by atomic mass is 16.5. The molecule has 0 aromatic heterocycles. The van der Waals surface area contributed by atoms with Crippen LogP contribution < -0.4 is 0 Å². The van der Waals surface area contributed by atoms with Gasteiger partial charge in [0.1, 0.15) is 13.2 Å². The lowest BCUT2D eigenvalue weighted by atomic mass is 10.1. The van der Waals surface area contributed by atoms with Crippen molar-refractivity contribution in [1.82, 2.24) is 0 Å². The smallest absolute Gasteiger partial charge is 0.333 e. The molecule has 0 saturated heterocycles. The van der Waals surface area contributed by atoms with Crippen LogP contribution in [0.15, 0.2) is 12.2 Å². The minimum absolute atomic E-state index is 0.230. The van der Waals surface area contributed by atoms with Gasteiger partial charge in [0.2, 0.25) is 0 Å². The number of carbonyl (C=O) groups excluding carboxylic acids is 1. The number of hydrogen-bond donors (Lipinski definition) is 0. The van der Waals surface area contributed by atoms with Crippen molar-refractivity contribution in [1.29, 1.82) is 0 Å². The first kappa shape index (κ1) is 32.2. The number of nitrogens with zero attached hydrogens (tertiary/aromatic N) is 1. The molecule has 0 atom stereocenters. The zero-order chi connectivity index (χ0) is 24.6. The summed E-state index contributed by atoms with van der Waals surface area (Å²) in [5, 5.41) is 0. The summed E-state index contributed by atoms with van der Waals surface area (Å²) in [4.78, 5) is 12.0. The first-order valence-electron chi connectivity index (χ1n) is 14.7. The molecule has 0 bridgehead atoms. The monoisotopic (exact) mass is 466 g/mol. The van der Waals surface area contributed by atoms with Crippen molar-refractivity contribution < 1.29 is 14.0 Å². The van der Waals surface area contributed by atoms with Crippen molar-refractivity contribution in [3.05, 3.63) is 12.2 Å². The largest absolute Gasteiger partial charge is 0.456 e. The Bertz CT molecular complexity index is 419. The molecule has 0 fully saturated rings. The molecule has 0 spiro atoms. The highest BCUT2D eigenvalue weighted by Gasteiger charge is 2.26. The fourth-order valence-corrected chi connectivity index (χ4v) is 4.81. The van der Waals surface area contributed by atoms with E-state index in [0.29, 0.717) is 12.2 Å². The molecule has 0 aliphatic carbocycles. The van der Waals surface area contributed by atoms with Gasteiger partial charge in [0.05, 0.1) is 19.6 Å². The summed E-state index contributed by atoms with van der Waals surface area (Å²) in [6.07, 6.45) is 24.2. The van der Waals surface area contributed by atoms with Crippen molar-refractivity contribution in [2.75, 3.05) is 32.8 Å². The maximum atomic E-state index is 12.0. The van der Waals surface area contributed by atoms with Gasteiger partial charge in [-0.1, -0.05) is 104 Å². The number of carbonyl (C=O) groups is 1. The molecule has 0 aliphatic rings. The van der Waals surface area contributed by atoms with Crippen LogP contribution in [0, 0.1) is 0 Å². The number of ether oxygens (including phenoxy) is 1. The first-order chi connectivity index (χ1) is 16.0. The van der Waals surface area contributed by atoms with E-state index in [-0.39, 0.29) is 5.97 Å². The van der Waals surface area contributed by atoms with Crippen molar-refractivity contribution >= 4 is 5.97 Å². The lowest BCUT2D eigenvalue weighted by Crippen LogP contribution is -2.52. The second-order valence-corrected chi connectivity index (χ2v) is 10.5. The molecule has 0 radical (unpaired) electrons. The van der Waals surface area contributed by atoms with E-state index >= 15 is 0 Å². The molecular weight excluding hydrogens is 406 g/mol. The molecule has 0 aromatic carbocycles. The molecule has 0 unspecified atom stereocenters. The fraction of sp³-hybridized carbons (Fsp3) is 0.900. The molecule has 33 heavy (non-hydrogen) atoms. The third kappa shape index (κ3) is 19.2. The molecule has 0 aromatic rings. The maximum Gasteiger partial charge on any atom is 0.333 e. The van der Waals surface area contributed by atoms with Crippen LogP contribution in [0.1, 0.15) is 143 Å². The van der Waals surface area contributed by atoms with Crippen LogP contribution in [0.5, 0.6) is 0 Å². The Morgan fingerprint density at radius 3 is 1.24 bits per heavy atom. The highest BCUT2D eigenvalue weighted by Crippen LogP contribution is 2.19. The van der Waals surface area contributed by atoms with Gasteiger partial charge < -0.3 is 9.22 Å². The van der Waals surface area contributed by atoms with Gasteiger partial charge in [0, 0.05) is 5.57 Å². The van der Waals surface area contributed by atoms with Gasteiger partial charge in [-0.2, -0.15) is 0 Å². The molecule has 3 heteroatoms. The summed E-state index contributed by atoms with van der Waals surface area (Å²) < 4.78 is 6.73. The van der Waals surface area contributed by atoms with Gasteiger partial charge in [0.25, 0.3) is 0 Å². The van der Waals surface area contributed by atoms with Crippen LogP contribution in [0.25, 0.3) is 0 Å². The van der Waals surface area contributed by atoms with Gasteiger partial charge in [0.15, 0.2) is 0 Å². The minimum atomic E-state index is -0.230. The van der Waals surface area contributed by atoms with Crippen LogP contribution in [-0.2, 0) is 9.53 Å². The SMILES string of the molecule is C=C(C)C(=O)OCC[N+](CCCCCCCC)(CCCCCCCC)CCCCCCCC. The number of unbranched alkanes of at least 4 members (excludes halogenated alkanes) is 15. The summed E-state index contributed by atoms with van der Waals surface area (Å²) in [6.45, 7) is 17.6.